The van der Waals surface area contributed by atoms with Crippen LogP contribution < -0.4 is 10.2 Å². The van der Waals surface area contributed by atoms with Crippen LogP contribution in [0.3, 0.4) is 0 Å². The van der Waals surface area contributed by atoms with Gasteiger partial charge in [-0.2, -0.15) is 0 Å². The van der Waals surface area contributed by atoms with E-state index >= 15 is 0 Å². The van der Waals surface area contributed by atoms with Crippen LogP contribution in [-0.4, -0.2) is 36.1 Å². The predicted molar refractivity (Wildman–Crippen MR) is 61.2 cm³/mol. The maximum absolute atomic E-state index is 4.41. The maximum Gasteiger partial charge on any atom is 0.225 e. The Bertz CT molecular complexity index is 301. The summed E-state index contributed by atoms with van der Waals surface area (Å²) in [5.41, 5.74) is 1.20. The summed E-state index contributed by atoms with van der Waals surface area (Å²) in [5, 5.41) is 3.32. The standard InChI is InChI=1S/C11H18N4/c1-9(2)10-7-13-11(14-8-10)15-5-3-12-4-6-15/h7-9,12H,3-6H2,1-2H3. The summed E-state index contributed by atoms with van der Waals surface area (Å²) in [6.45, 7) is 8.36. The highest BCUT2D eigenvalue weighted by atomic mass is 15.3. The molecule has 15 heavy (non-hydrogen) atoms. The number of anilines is 1. The van der Waals surface area contributed by atoms with E-state index in [0.717, 1.165) is 32.1 Å². The number of nitrogens with one attached hydrogen (secondary N) is 1. The van der Waals surface area contributed by atoms with Crippen LogP contribution in [0.5, 0.6) is 0 Å². The molecule has 0 radical (unpaired) electrons. The van der Waals surface area contributed by atoms with Crippen LogP contribution in [0.4, 0.5) is 5.95 Å². The maximum atomic E-state index is 4.41. The molecule has 1 fully saturated rings. The van der Waals surface area contributed by atoms with E-state index < -0.39 is 0 Å². The molecule has 0 aromatic carbocycles. The van der Waals surface area contributed by atoms with E-state index in [0.29, 0.717) is 5.92 Å². The summed E-state index contributed by atoms with van der Waals surface area (Å²) < 4.78 is 0. The first-order valence-corrected chi connectivity index (χ1v) is 5.55. The van der Waals surface area contributed by atoms with Gasteiger partial charge in [0.2, 0.25) is 5.95 Å². The van der Waals surface area contributed by atoms with Crippen LogP contribution in [0.15, 0.2) is 12.4 Å². The van der Waals surface area contributed by atoms with Gasteiger partial charge in [0.05, 0.1) is 0 Å². The quantitative estimate of drug-likeness (QED) is 0.784. The van der Waals surface area contributed by atoms with E-state index in [1.807, 2.05) is 12.4 Å². The molecule has 0 atom stereocenters. The SMILES string of the molecule is CC(C)c1cnc(N2CCNCC2)nc1. The van der Waals surface area contributed by atoms with Crippen molar-refractivity contribution >= 4 is 5.95 Å². The Morgan fingerprint density at radius 3 is 2.33 bits per heavy atom. The molecule has 2 rings (SSSR count). The van der Waals surface area contributed by atoms with E-state index in [4.69, 9.17) is 0 Å². The molecule has 1 aromatic heterocycles. The fourth-order valence-electron chi connectivity index (χ4n) is 1.66. The minimum absolute atomic E-state index is 0.502. The van der Waals surface area contributed by atoms with Crippen molar-refractivity contribution in [1.82, 2.24) is 15.3 Å². The lowest BCUT2D eigenvalue weighted by Crippen LogP contribution is -2.44. The molecule has 82 valence electrons. The van der Waals surface area contributed by atoms with E-state index in [9.17, 15) is 0 Å². The zero-order valence-electron chi connectivity index (χ0n) is 9.40. The van der Waals surface area contributed by atoms with Crippen LogP contribution in [0, 0.1) is 0 Å². The molecular weight excluding hydrogens is 188 g/mol. The molecular formula is C11H18N4. The molecule has 1 N–H and O–H groups in total. The molecule has 0 aliphatic carbocycles. The summed E-state index contributed by atoms with van der Waals surface area (Å²) in [6, 6.07) is 0. The summed E-state index contributed by atoms with van der Waals surface area (Å²) in [5.74, 6) is 1.36. The molecule has 1 aromatic rings. The minimum atomic E-state index is 0.502. The van der Waals surface area contributed by atoms with Gasteiger partial charge in [0.1, 0.15) is 0 Å². The lowest BCUT2D eigenvalue weighted by molar-refractivity contribution is 0.579. The van der Waals surface area contributed by atoms with Crippen molar-refractivity contribution in [2.45, 2.75) is 19.8 Å². The lowest BCUT2D eigenvalue weighted by atomic mass is 10.1. The Morgan fingerprint density at radius 2 is 1.80 bits per heavy atom. The molecule has 1 aliphatic rings. The average Bonchev–Trinajstić information content (AvgIpc) is 2.30. The smallest absolute Gasteiger partial charge is 0.225 e. The first-order chi connectivity index (χ1) is 7.27. The Balaban J connectivity index is 2.08. The summed E-state index contributed by atoms with van der Waals surface area (Å²) >= 11 is 0. The van der Waals surface area contributed by atoms with Crippen molar-refractivity contribution < 1.29 is 0 Å². The van der Waals surface area contributed by atoms with Crippen molar-refractivity contribution in [3.8, 4) is 0 Å². The van der Waals surface area contributed by atoms with Gasteiger partial charge in [-0.3, -0.25) is 0 Å². The second-order valence-electron chi connectivity index (χ2n) is 4.21. The largest absolute Gasteiger partial charge is 0.338 e. The van der Waals surface area contributed by atoms with Gasteiger partial charge in [-0.05, 0) is 11.5 Å². The highest BCUT2D eigenvalue weighted by Gasteiger charge is 2.12. The van der Waals surface area contributed by atoms with E-state index in [1.54, 1.807) is 0 Å². The zero-order chi connectivity index (χ0) is 10.7. The van der Waals surface area contributed by atoms with Gasteiger partial charge >= 0.3 is 0 Å². The summed E-state index contributed by atoms with van der Waals surface area (Å²) in [6.07, 6.45) is 3.88. The minimum Gasteiger partial charge on any atom is -0.338 e. The molecule has 1 aliphatic heterocycles. The Labute approximate surface area is 90.7 Å². The predicted octanol–water partition coefficient (Wildman–Crippen LogP) is 1.01. The van der Waals surface area contributed by atoms with Gasteiger partial charge in [-0.1, -0.05) is 13.8 Å². The van der Waals surface area contributed by atoms with Crippen molar-refractivity contribution in [2.24, 2.45) is 0 Å². The molecule has 1 saturated heterocycles. The Morgan fingerprint density at radius 1 is 1.20 bits per heavy atom. The van der Waals surface area contributed by atoms with E-state index in [1.165, 1.54) is 5.56 Å². The highest BCUT2D eigenvalue weighted by Crippen LogP contribution is 2.14. The number of rotatable bonds is 2. The first kappa shape index (κ1) is 10.4. The molecule has 0 saturated carbocycles. The van der Waals surface area contributed by atoms with Crippen LogP contribution in [-0.2, 0) is 0 Å². The highest BCUT2D eigenvalue weighted by molar-refractivity contribution is 5.31. The second-order valence-corrected chi connectivity index (χ2v) is 4.21. The molecule has 0 bridgehead atoms. The monoisotopic (exact) mass is 206 g/mol. The van der Waals surface area contributed by atoms with Crippen molar-refractivity contribution in [2.75, 3.05) is 31.1 Å². The summed E-state index contributed by atoms with van der Waals surface area (Å²) in [7, 11) is 0. The van der Waals surface area contributed by atoms with E-state index in [-0.39, 0.29) is 0 Å². The van der Waals surface area contributed by atoms with Gasteiger partial charge in [-0.25, -0.2) is 9.97 Å². The summed E-state index contributed by atoms with van der Waals surface area (Å²) in [4.78, 5) is 11.0. The fourth-order valence-corrected chi connectivity index (χ4v) is 1.66. The van der Waals surface area contributed by atoms with Crippen LogP contribution in [0.25, 0.3) is 0 Å². The topological polar surface area (TPSA) is 41.1 Å². The third kappa shape index (κ3) is 2.45. The molecule has 4 heteroatoms. The van der Waals surface area contributed by atoms with Gasteiger partial charge in [-0.15, -0.1) is 0 Å². The fraction of sp³-hybridized carbons (Fsp3) is 0.636. The second kappa shape index (κ2) is 4.57. The van der Waals surface area contributed by atoms with Gasteiger partial charge in [0.25, 0.3) is 0 Å². The molecule has 0 amide bonds. The molecule has 2 heterocycles. The molecule has 0 unspecified atom stereocenters. The van der Waals surface area contributed by atoms with Crippen molar-refractivity contribution in [1.29, 1.82) is 0 Å². The molecule has 4 nitrogen and oxygen atoms in total. The van der Waals surface area contributed by atoms with Crippen LogP contribution in [0.1, 0.15) is 25.3 Å². The first-order valence-electron chi connectivity index (χ1n) is 5.55. The zero-order valence-corrected chi connectivity index (χ0v) is 9.40. The normalized spacial score (nSPS) is 17.1. The Hall–Kier alpha value is -1.16. The Kier molecular flexibility index (Phi) is 3.16. The number of aromatic nitrogens is 2. The van der Waals surface area contributed by atoms with Crippen molar-refractivity contribution in [3.05, 3.63) is 18.0 Å². The number of nitrogens with zero attached hydrogens (tertiary/aromatic N) is 3. The van der Waals surface area contributed by atoms with Gasteiger partial charge < -0.3 is 10.2 Å². The van der Waals surface area contributed by atoms with Gasteiger partial charge in [0, 0.05) is 38.6 Å². The molecule has 0 spiro atoms. The number of piperazine rings is 1. The van der Waals surface area contributed by atoms with Crippen LogP contribution >= 0.6 is 0 Å². The number of hydrogen-bond acceptors (Lipinski definition) is 4. The van der Waals surface area contributed by atoms with Crippen molar-refractivity contribution in [3.63, 3.8) is 0 Å². The van der Waals surface area contributed by atoms with Gasteiger partial charge in [0.15, 0.2) is 0 Å². The third-order valence-corrected chi connectivity index (χ3v) is 2.72. The number of hydrogen-bond donors (Lipinski definition) is 1. The lowest BCUT2D eigenvalue weighted by Gasteiger charge is -2.27. The average molecular weight is 206 g/mol. The van der Waals surface area contributed by atoms with E-state index in [2.05, 4.69) is 34.0 Å². The van der Waals surface area contributed by atoms with Crippen LogP contribution in [0.2, 0.25) is 0 Å². The third-order valence-electron chi connectivity index (χ3n) is 2.72.